The van der Waals surface area contributed by atoms with E-state index in [9.17, 15) is 4.79 Å². The lowest BCUT2D eigenvalue weighted by molar-refractivity contribution is -0.123. The van der Waals surface area contributed by atoms with Gasteiger partial charge in [-0.2, -0.15) is 0 Å². The summed E-state index contributed by atoms with van der Waals surface area (Å²) in [4.78, 5) is 16.2. The number of carbonyl (C=O) groups excluding carboxylic acids is 1. The van der Waals surface area contributed by atoms with Crippen molar-refractivity contribution in [1.29, 1.82) is 0 Å². The van der Waals surface area contributed by atoms with Crippen LogP contribution in [0.2, 0.25) is 0 Å². The Hall–Kier alpha value is -3.08. The molecule has 0 saturated carbocycles. The van der Waals surface area contributed by atoms with Gasteiger partial charge in [0.05, 0.1) is 0 Å². The zero-order valence-electron chi connectivity index (χ0n) is 15.3. The van der Waals surface area contributed by atoms with Gasteiger partial charge in [-0.15, -0.1) is 0 Å². The number of aryl methyl sites for hydroxylation is 3. The third-order valence-corrected chi connectivity index (χ3v) is 4.10. The molecule has 5 heteroatoms. The van der Waals surface area contributed by atoms with Crippen molar-refractivity contribution in [3.05, 3.63) is 77.4 Å². The highest BCUT2D eigenvalue weighted by molar-refractivity contribution is 5.77. The van der Waals surface area contributed by atoms with Crippen LogP contribution in [0.4, 0.5) is 0 Å². The summed E-state index contributed by atoms with van der Waals surface area (Å²) < 4.78 is 7.59. The van der Waals surface area contributed by atoms with Crippen LogP contribution in [0, 0.1) is 20.8 Å². The van der Waals surface area contributed by atoms with Crippen molar-refractivity contribution >= 4 is 5.91 Å². The maximum Gasteiger partial charge on any atom is 0.258 e. The van der Waals surface area contributed by atoms with Crippen LogP contribution in [0.3, 0.4) is 0 Å². The van der Waals surface area contributed by atoms with Crippen LogP contribution in [0.25, 0.3) is 5.69 Å². The molecule has 0 aliphatic carbocycles. The quantitative estimate of drug-likeness (QED) is 0.741. The van der Waals surface area contributed by atoms with E-state index in [1.54, 1.807) is 6.20 Å². The first-order valence-electron chi connectivity index (χ1n) is 8.58. The monoisotopic (exact) mass is 349 g/mol. The van der Waals surface area contributed by atoms with Gasteiger partial charge >= 0.3 is 0 Å². The van der Waals surface area contributed by atoms with Crippen molar-refractivity contribution in [1.82, 2.24) is 14.9 Å². The Morgan fingerprint density at radius 3 is 2.38 bits per heavy atom. The van der Waals surface area contributed by atoms with Gasteiger partial charge in [0.1, 0.15) is 11.6 Å². The highest BCUT2D eigenvalue weighted by Crippen LogP contribution is 2.16. The van der Waals surface area contributed by atoms with Crippen LogP contribution < -0.4 is 10.1 Å². The first-order valence-corrected chi connectivity index (χ1v) is 8.58. The molecule has 0 aliphatic heterocycles. The minimum atomic E-state index is -0.140. The van der Waals surface area contributed by atoms with Gasteiger partial charge in [-0.05, 0) is 61.7 Å². The maximum atomic E-state index is 12.0. The second kappa shape index (κ2) is 7.87. The Morgan fingerprint density at radius 2 is 1.77 bits per heavy atom. The number of imidazole rings is 1. The van der Waals surface area contributed by atoms with Crippen LogP contribution in [0.5, 0.6) is 5.75 Å². The van der Waals surface area contributed by atoms with Gasteiger partial charge in [-0.25, -0.2) is 4.98 Å². The highest BCUT2D eigenvalue weighted by Gasteiger charge is 2.05. The van der Waals surface area contributed by atoms with E-state index in [1.807, 2.05) is 67.9 Å². The number of hydrogen-bond acceptors (Lipinski definition) is 3. The molecule has 0 unspecified atom stereocenters. The number of ether oxygens (including phenoxy) is 1. The highest BCUT2D eigenvalue weighted by atomic mass is 16.5. The van der Waals surface area contributed by atoms with E-state index in [4.69, 9.17) is 4.74 Å². The Balaban J connectivity index is 1.50. The number of nitrogens with one attached hydrogen (secondary N) is 1. The smallest absolute Gasteiger partial charge is 0.258 e. The van der Waals surface area contributed by atoms with Crippen molar-refractivity contribution in [2.45, 2.75) is 27.3 Å². The molecule has 1 aromatic heterocycles. The van der Waals surface area contributed by atoms with Crippen LogP contribution in [0.1, 0.15) is 22.5 Å². The lowest BCUT2D eigenvalue weighted by Crippen LogP contribution is -2.28. The third kappa shape index (κ3) is 4.51. The maximum absolute atomic E-state index is 12.0. The molecule has 26 heavy (non-hydrogen) atoms. The molecule has 5 nitrogen and oxygen atoms in total. The van der Waals surface area contributed by atoms with E-state index in [1.165, 1.54) is 0 Å². The topological polar surface area (TPSA) is 56.1 Å². The van der Waals surface area contributed by atoms with Crippen molar-refractivity contribution in [2.24, 2.45) is 0 Å². The van der Waals surface area contributed by atoms with Gasteiger partial charge in [0, 0.05) is 24.6 Å². The molecular formula is C21H23N3O2. The number of benzene rings is 2. The molecule has 2 aromatic carbocycles. The van der Waals surface area contributed by atoms with Gasteiger partial charge in [-0.3, -0.25) is 4.79 Å². The molecule has 0 fully saturated rings. The zero-order valence-corrected chi connectivity index (χ0v) is 15.3. The number of carbonyl (C=O) groups is 1. The molecule has 1 N–H and O–H groups in total. The average Bonchev–Trinajstić information content (AvgIpc) is 3.04. The Bertz CT molecular complexity index is 878. The molecule has 0 bridgehead atoms. The van der Waals surface area contributed by atoms with Gasteiger partial charge < -0.3 is 14.6 Å². The predicted octanol–water partition coefficient (Wildman–Crippen LogP) is 3.49. The van der Waals surface area contributed by atoms with Crippen LogP contribution in [-0.4, -0.2) is 22.1 Å². The number of hydrogen-bond donors (Lipinski definition) is 1. The van der Waals surface area contributed by atoms with Gasteiger partial charge in [0.2, 0.25) is 0 Å². The molecule has 0 spiro atoms. The number of amides is 1. The Kier molecular flexibility index (Phi) is 5.37. The standard InChI is InChI=1S/C21H23N3O2/c1-15-10-16(2)12-20(11-15)26-14-21(25)23-13-18-4-6-19(7-5-18)24-9-8-22-17(24)3/h4-12H,13-14H2,1-3H3,(H,23,25). The summed E-state index contributed by atoms with van der Waals surface area (Å²) in [7, 11) is 0. The average molecular weight is 349 g/mol. The normalized spacial score (nSPS) is 10.6. The molecular weight excluding hydrogens is 326 g/mol. The third-order valence-electron chi connectivity index (χ3n) is 4.10. The minimum Gasteiger partial charge on any atom is -0.484 e. The fourth-order valence-corrected chi connectivity index (χ4v) is 2.84. The second-order valence-electron chi connectivity index (χ2n) is 6.40. The van der Waals surface area contributed by atoms with Crippen molar-refractivity contribution in [3.8, 4) is 11.4 Å². The summed E-state index contributed by atoms with van der Waals surface area (Å²) in [6.07, 6.45) is 3.70. The fourth-order valence-electron chi connectivity index (χ4n) is 2.84. The van der Waals surface area contributed by atoms with Crippen molar-refractivity contribution < 1.29 is 9.53 Å². The number of aromatic nitrogens is 2. The lowest BCUT2D eigenvalue weighted by atomic mass is 10.1. The van der Waals surface area contributed by atoms with Gasteiger partial charge in [-0.1, -0.05) is 18.2 Å². The SMILES string of the molecule is Cc1cc(C)cc(OCC(=O)NCc2ccc(-n3ccnc3C)cc2)c1. The van der Waals surface area contributed by atoms with Crippen LogP contribution >= 0.6 is 0 Å². The molecule has 1 heterocycles. The van der Waals surface area contributed by atoms with E-state index in [0.717, 1.165) is 34.0 Å². The molecule has 3 rings (SSSR count). The van der Waals surface area contributed by atoms with Crippen molar-refractivity contribution in [2.75, 3.05) is 6.61 Å². The summed E-state index contributed by atoms with van der Waals surface area (Å²) in [5, 5.41) is 2.88. The molecule has 134 valence electrons. The molecule has 1 amide bonds. The summed E-state index contributed by atoms with van der Waals surface area (Å²) in [6.45, 7) is 6.46. The summed E-state index contributed by atoms with van der Waals surface area (Å²) in [5.41, 5.74) is 4.32. The van der Waals surface area contributed by atoms with Crippen LogP contribution in [-0.2, 0) is 11.3 Å². The molecule has 0 radical (unpaired) electrons. The lowest BCUT2D eigenvalue weighted by Gasteiger charge is -2.10. The van der Waals surface area contributed by atoms with Crippen LogP contribution in [0.15, 0.2) is 54.9 Å². The van der Waals surface area contributed by atoms with E-state index in [2.05, 4.69) is 16.4 Å². The Labute approximate surface area is 153 Å². The Morgan fingerprint density at radius 1 is 1.08 bits per heavy atom. The second-order valence-corrected chi connectivity index (χ2v) is 6.40. The zero-order chi connectivity index (χ0) is 18.5. The van der Waals surface area contributed by atoms with Gasteiger partial charge in [0.25, 0.3) is 5.91 Å². The molecule has 0 atom stereocenters. The van der Waals surface area contributed by atoms with E-state index < -0.39 is 0 Å². The summed E-state index contributed by atoms with van der Waals surface area (Å²) >= 11 is 0. The first kappa shape index (κ1) is 17.7. The summed E-state index contributed by atoms with van der Waals surface area (Å²) in [5.74, 6) is 1.52. The molecule has 3 aromatic rings. The van der Waals surface area contributed by atoms with Gasteiger partial charge in [0.15, 0.2) is 6.61 Å². The largest absolute Gasteiger partial charge is 0.484 e. The molecule has 0 saturated heterocycles. The molecule has 0 aliphatic rings. The van der Waals surface area contributed by atoms with E-state index in [0.29, 0.717) is 6.54 Å². The minimum absolute atomic E-state index is 0.00914. The number of nitrogens with zero attached hydrogens (tertiary/aromatic N) is 2. The van der Waals surface area contributed by atoms with Crippen molar-refractivity contribution in [3.63, 3.8) is 0 Å². The predicted molar refractivity (Wildman–Crippen MR) is 102 cm³/mol. The summed E-state index contributed by atoms with van der Waals surface area (Å²) in [6, 6.07) is 14.0. The first-order chi connectivity index (χ1) is 12.5. The van der Waals surface area contributed by atoms with E-state index in [-0.39, 0.29) is 12.5 Å². The fraction of sp³-hybridized carbons (Fsp3) is 0.238. The van der Waals surface area contributed by atoms with E-state index >= 15 is 0 Å². The number of rotatable bonds is 6.